The monoisotopic (exact) mass is 416 g/mol. The fraction of sp³-hybridized carbons (Fsp3) is 0.120. The molecule has 1 aromatic heterocycles. The molecule has 150 valence electrons. The van der Waals surface area contributed by atoms with E-state index in [1.165, 1.54) is 0 Å². The summed E-state index contributed by atoms with van der Waals surface area (Å²) in [5, 5.41) is 4.45. The van der Waals surface area contributed by atoms with E-state index in [0.717, 1.165) is 45.6 Å². The van der Waals surface area contributed by atoms with Gasteiger partial charge in [0.1, 0.15) is 6.61 Å². The molecule has 0 aliphatic heterocycles. The molecule has 0 saturated heterocycles. The summed E-state index contributed by atoms with van der Waals surface area (Å²) in [5.74, 6) is 0. The van der Waals surface area contributed by atoms with Gasteiger partial charge in [-0.15, -0.1) is 0 Å². The first-order chi connectivity index (χ1) is 14.7. The van der Waals surface area contributed by atoms with Gasteiger partial charge in [0.2, 0.25) is 0 Å². The van der Waals surface area contributed by atoms with Crippen LogP contribution >= 0.6 is 11.6 Å². The molecule has 4 nitrogen and oxygen atoms in total. The Balaban J connectivity index is 1.31. The number of amides is 1. The molecule has 1 N–H and O–H groups in total. The number of anilines is 1. The lowest BCUT2D eigenvalue weighted by Crippen LogP contribution is -2.13. The van der Waals surface area contributed by atoms with E-state index in [1.807, 2.05) is 84.9 Å². The topological polar surface area (TPSA) is 51.2 Å². The zero-order valence-corrected chi connectivity index (χ0v) is 17.1. The molecule has 30 heavy (non-hydrogen) atoms. The summed E-state index contributed by atoms with van der Waals surface area (Å²) in [5.41, 5.74) is 4.68. The molecule has 0 spiro atoms. The number of carbonyl (C=O) groups is 1. The van der Waals surface area contributed by atoms with Crippen molar-refractivity contribution in [1.29, 1.82) is 0 Å². The first-order valence-electron chi connectivity index (χ1n) is 9.78. The molecule has 3 aromatic carbocycles. The summed E-state index contributed by atoms with van der Waals surface area (Å²) in [6, 6.07) is 27.1. The standard InChI is InChI=1S/C25H21ClN2O2/c26-23-16-21(27-24-9-5-4-8-22(23)24)15-12-18-10-13-20(14-11-18)28-25(29)30-17-19-6-2-1-3-7-19/h1-11,13-14,16H,12,15,17H2,(H,28,29). The van der Waals surface area contributed by atoms with Crippen molar-refractivity contribution in [1.82, 2.24) is 4.98 Å². The highest BCUT2D eigenvalue weighted by Gasteiger charge is 2.06. The molecule has 5 heteroatoms. The molecule has 0 saturated carbocycles. The third kappa shape index (κ3) is 5.16. The smallest absolute Gasteiger partial charge is 0.411 e. The third-order valence-corrected chi connectivity index (χ3v) is 5.11. The van der Waals surface area contributed by atoms with Crippen LogP contribution in [0.3, 0.4) is 0 Å². The number of halogens is 1. The molecule has 4 rings (SSSR count). The number of pyridine rings is 1. The highest BCUT2D eigenvalue weighted by atomic mass is 35.5. The SMILES string of the molecule is O=C(Nc1ccc(CCc2cc(Cl)c3ccccc3n2)cc1)OCc1ccccc1. The zero-order chi connectivity index (χ0) is 20.8. The summed E-state index contributed by atoms with van der Waals surface area (Å²) in [6.45, 7) is 0.242. The van der Waals surface area contributed by atoms with E-state index >= 15 is 0 Å². The number of carbonyl (C=O) groups excluding carboxylic acids is 1. The van der Waals surface area contributed by atoms with Crippen molar-refractivity contribution in [3.8, 4) is 0 Å². The van der Waals surface area contributed by atoms with Crippen LogP contribution in [-0.2, 0) is 24.2 Å². The first kappa shape index (κ1) is 19.9. The van der Waals surface area contributed by atoms with Gasteiger partial charge in [-0.3, -0.25) is 10.3 Å². The van der Waals surface area contributed by atoms with Gasteiger partial charge in [-0.2, -0.15) is 0 Å². The molecule has 0 aliphatic rings. The van der Waals surface area contributed by atoms with Crippen LogP contribution in [0.15, 0.2) is 84.9 Å². The van der Waals surface area contributed by atoms with Crippen LogP contribution in [0.2, 0.25) is 5.02 Å². The summed E-state index contributed by atoms with van der Waals surface area (Å²) in [4.78, 5) is 16.7. The van der Waals surface area contributed by atoms with Crippen LogP contribution < -0.4 is 5.32 Å². The molecule has 0 unspecified atom stereocenters. The van der Waals surface area contributed by atoms with Crippen molar-refractivity contribution in [2.75, 3.05) is 5.32 Å². The van der Waals surface area contributed by atoms with Gasteiger partial charge in [-0.1, -0.05) is 72.3 Å². The van der Waals surface area contributed by atoms with Crippen LogP contribution in [0.5, 0.6) is 0 Å². The molecule has 0 fully saturated rings. The second kappa shape index (κ2) is 9.42. The maximum absolute atomic E-state index is 12.0. The number of ether oxygens (including phenoxy) is 1. The number of hydrogen-bond acceptors (Lipinski definition) is 3. The number of benzene rings is 3. The Morgan fingerprint density at radius 2 is 1.60 bits per heavy atom. The molecule has 4 aromatic rings. The average molecular weight is 417 g/mol. The number of para-hydroxylation sites is 1. The van der Waals surface area contributed by atoms with Crippen molar-refractivity contribution in [2.24, 2.45) is 0 Å². The van der Waals surface area contributed by atoms with E-state index in [2.05, 4.69) is 5.32 Å². The van der Waals surface area contributed by atoms with Crippen LogP contribution in [0.25, 0.3) is 10.9 Å². The van der Waals surface area contributed by atoms with E-state index in [4.69, 9.17) is 21.3 Å². The molecule has 1 heterocycles. The predicted octanol–water partition coefficient (Wildman–Crippen LogP) is 6.42. The molecule has 0 radical (unpaired) electrons. The van der Waals surface area contributed by atoms with Crippen LogP contribution in [0.4, 0.5) is 10.5 Å². The van der Waals surface area contributed by atoms with Gasteiger partial charge < -0.3 is 4.74 Å². The number of aromatic nitrogens is 1. The predicted molar refractivity (Wildman–Crippen MR) is 121 cm³/mol. The van der Waals surface area contributed by atoms with E-state index in [-0.39, 0.29) is 6.61 Å². The zero-order valence-electron chi connectivity index (χ0n) is 16.3. The minimum Gasteiger partial charge on any atom is -0.444 e. The lowest BCUT2D eigenvalue weighted by molar-refractivity contribution is 0.155. The first-order valence-corrected chi connectivity index (χ1v) is 10.2. The highest BCUT2D eigenvalue weighted by Crippen LogP contribution is 2.23. The fourth-order valence-electron chi connectivity index (χ4n) is 3.22. The number of hydrogen-bond donors (Lipinski definition) is 1. The lowest BCUT2D eigenvalue weighted by Gasteiger charge is -2.08. The Labute approximate surface area is 180 Å². The van der Waals surface area contributed by atoms with Gasteiger partial charge in [0, 0.05) is 16.8 Å². The summed E-state index contributed by atoms with van der Waals surface area (Å²) < 4.78 is 5.24. The van der Waals surface area contributed by atoms with Gasteiger partial charge in [-0.25, -0.2) is 4.79 Å². The Hall–Kier alpha value is -3.37. The Morgan fingerprint density at radius 3 is 2.40 bits per heavy atom. The Morgan fingerprint density at radius 1 is 0.867 bits per heavy atom. The largest absolute Gasteiger partial charge is 0.444 e. The number of nitrogens with one attached hydrogen (secondary N) is 1. The molecule has 0 atom stereocenters. The third-order valence-electron chi connectivity index (χ3n) is 4.80. The van der Waals surface area contributed by atoms with E-state index in [0.29, 0.717) is 5.69 Å². The number of fused-ring (bicyclic) bond motifs is 1. The van der Waals surface area contributed by atoms with E-state index in [9.17, 15) is 4.79 Å². The molecule has 1 amide bonds. The van der Waals surface area contributed by atoms with Crippen molar-refractivity contribution in [3.05, 3.63) is 107 Å². The number of aryl methyl sites for hydroxylation is 2. The number of nitrogens with zero attached hydrogens (tertiary/aromatic N) is 1. The Bertz CT molecular complexity index is 1140. The summed E-state index contributed by atoms with van der Waals surface area (Å²) in [7, 11) is 0. The van der Waals surface area contributed by atoms with Crippen LogP contribution in [0.1, 0.15) is 16.8 Å². The van der Waals surface area contributed by atoms with Gasteiger partial charge >= 0.3 is 6.09 Å². The maximum atomic E-state index is 12.0. The second-order valence-corrected chi connectivity index (χ2v) is 7.40. The molecule has 0 aliphatic carbocycles. The van der Waals surface area contributed by atoms with Gasteiger partial charge in [-0.05, 0) is 48.2 Å². The van der Waals surface area contributed by atoms with Crippen molar-refractivity contribution < 1.29 is 9.53 Å². The minimum atomic E-state index is -0.471. The average Bonchev–Trinajstić information content (AvgIpc) is 2.78. The van der Waals surface area contributed by atoms with Crippen LogP contribution in [-0.4, -0.2) is 11.1 Å². The van der Waals surface area contributed by atoms with Gasteiger partial charge in [0.05, 0.1) is 10.5 Å². The van der Waals surface area contributed by atoms with Gasteiger partial charge in [0.25, 0.3) is 0 Å². The lowest BCUT2D eigenvalue weighted by atomic mass is 10.1. The molecular weight excluding hydrogens is 396 g/mol. The van der Waals surface area contributed by atoms with Gasteiger partial charge in [0.15, 0.2) is 0 Å². The van der Waals surface area contributed by atoms with Crippen LogP contribution in [0, 0.1) is 0 Å². The fourth-order valence-corrected chi connectivity index (χ4v) is 3.50. The van der Waals surface area contributed by atoms with Crippen molar-refractivity contribution >= 4 is 34.3 Å². The van der Waals surface area contributed by atoms with E-state index < -0.39 is 6.09 Å². The molecule has 0 bridgehead atoms. The normalized spacial score (nSPS) is 10.7. The summed E-state index contributed by atoms with van der Waals surface area (Å²) >= 11 is 6.39. The maximum Gasteiger partial charge on any atom is 0.411 e. The minimum absolute atomic E-state index is 0.242. The van der Waals surface area contributed by atoms with Crippen molar-refractivity contribution in [2.45, 2.75) is 19.4 Å². The summed E-state index contributed by atoms with van der Waals surface area (Å²) in [6.07, 6.45) is 1.15. The number of rotatable bonds is 6. The second-order valence-electron chi connectivity index (χ2n) is 7.00. The molecular formula is C25H21ClN2O2. The highest BCUT2D eigenvalue weighted by molar-refractivity contribution is 6.35. The quantitative estimate of drug-likeness (QED) is 0.394. The van der Waals surface area contributed by atoms with E-state index in [1.54, 1.807) is 0 Å². The Kier molecular flexibility index (Phi) is 6.26. The van der Waals surface area contributed by atoms with Crippen molar-refractivity contribution in [3.63, 3.8) is 0 Å².